The number of carbonyl (C=O) groups excluding carboxylic acids is 8. The van der Waals surface area contributed by atoms with E-state index in [0.29, 0.717) is 62.1 Å². The van der Waals surface area contributed by atoms with E-state index >= 15 is 0 Å². The summed E-state index contributed by atoms with van der Waals surface area (Å²) in [6.07, 6.45) is 4.70. The molecule has 9 atom stereocenters. The van der Waals surface area contributed by atoms with Crippen molar-refractivity contribution < 1.29 is 62.0 Å². The molecule has 0 saturated carbocycles. The topological polar surface area (TPSA) is 220 Å². The van der Waals surface area contributed by atoms with Crippen molar-refractivity contribution in [1.29, 1.82) is 0 Å². The highest BCUT2D eigenvalue weighted by molar-refractivity contribution is 6.12. The van der Waals surface area contributed by atoms with Gasteiger partial charge in [0.2, 0.25) is 29.5 Å². The Morgan fingerprint density at radius 2 is 1.45 bits per heavy atom. The summed E-state index contributed by atoms with van der Waals surface area (Å²) in [5.41, 5.74) is 1.42. The maximum absolute atomic E-state index is 14.7. The first-order chi connectivity index (χ1) is 36.6. The van der Waals surface area contributed by atoms with Gasteiger partial charge in [0, 0.05) is 78.0 Å². The molecule has 2 heterocycles. The molecule has 2 N–H and O–H groups in total. The number of unbranched alkanes of at least 4 members (excludes halogenated alkanes) is 2. The third-order valence-electron chi connectivity index (χ3n) is 15.1. The highest BCUT2D eigenvalue weighted by Crippen LogP contribution is 2.31. The molecular weight excluding hydrogens is 989 g/mol. The fourth-order valence-corrected chi connectivity index (χ4v) is 10.5. The Morgan fingerprint density at radius 3 is 2.04 bits per heavy atom. The van der Waals surface area contributed by atoms with Crippen molar-refractivity contribution in [3.05, 3.63) is 71.8 Å². The number of nitrogens with one attached hydrogen (secondary N) is 2. The van der Waals surface area contributed by atoms with Crippen LogP contribution >= 0.6 is 0 Å². The second-order valence-corrected chi connectivity index (χ2v) is 21.0. The van der Waals surface area contributed by atoms with E-state index < -0.39 is 66.1 Å². The lowest BCUT2D eigenvalue weighted by Gasteiger charge is -2.41. The quantitative estimate of drug-likeness (QED) is 0.0542. The van der Waals surface area contributed by atoms with Gasteiger partial charge in [0.25, 0.3) is 11.8 Å². The average Bonchev–Trinajstić information content (AvgIpc) is 4.04. The number of benzene rings is 2. The Hall–Kier alpha value is -6.34. The minimum absolute atomic E-state index is 0.0899. The molecular formula is C58H86N6O13. The van der Waals surface area contributed by atoms with Crippen LogP contribution in [0.3, 0.4) is 0 Å². The van der Waals surface area contributed by atoms with Crippen LogP contribution in [0, 0.1) is 23.7 Å². The maximum atomic E-state index is 14.7. The number of esters is 1. The zero-order valence-electron chi connectivity index (χ0n) is 47.7. The van der Waals surface area contributed by atoms with Crippen LogP contribution in [0.1, 0.15) is 111 Å². The number of imide groups is 1. The van der Waals surface area contributed by atoms with Crippen LogP contribution < -0.4 is 20.1 Å². The lowest BCUT2D eigenvalue weighted by Crippen LogP contribution is -2.60. The summed E-state index contributed by atoms with van der Waals surface area (Å²) in [4.78, 5) is 115. The summed E-state index contributed by atoms with van der Waals surface area (Å²) < 4.78 is 28.7. The number of hydrogen-bond acceptors (Lipinski definition) is 13. The van der Waals surface area contributed by atoms with Crippen LogP contribution in [0.25, 0.3) is 0 Å². The molecule has 0 radical (unpaired) electrons. The standard InChI is InChI=1S/C58H86N6O13/c1-14-38(6)53(62(9)57(71)51(36(2)3)60-56(70)52(37(4)5)61(8)47(65)25-19-16-20-30-64-48(66)28-29-49(64)67)46(75-12)34-50(68)63-31-21-24-44(63)54(76-13)39(7)55(69)59-43(32-40-22-17-15-18-23-40)58(72)77-35-41-26-27-42(73-10)33-45(41)74-11/h15,17-18,22-23,26-29,33,36-39,43-44,46,51-54H,14,16,19-21,24-25,30-32,34-35H2,1-13H3,(H,59,69)(H,60,70)/t38?,39?,43-,44-,46?,51-,52-,53-,54?/m0/s1. The summed E-state index contributed by atoms with van der Waals surface area (Å²) >= 11 is 0. The summed E-state index contributed by atoms with van der Waals surface area (Å²) in [6.45, 7) is 13.6. The first kappa shape index (κ1) is 63.2. The van der Waals surface area contributed by atoms with Crippen molar-refractivity contribution in [1.82, 2.24) is 30.2 Å². The van der Waals surface area contributed by atoms with Gasteiger partial charge < -0.3 is 49.0 Å². The fourth-order valence-electron chi connectivity index (χ4n) is 10.5. The third-order valence-corrected chi connectivity index (χ3v) is 15.1. The van der Waals surface area contributed by atoms with Gasteiger partial charge >= 0.3 is 5.97 Å². The monoisotopic (exact) mass is 1070 g/mol. The molecule has 0 aliphatic carbocycles. The van der Waals surface area contributed by atoms with Gasteiger partial charge in [-0.1, -0.05) is 91.6 Å². The zero-order chi connectivity index (χ0) is 57.1. The molecule has 2 aliphatic heterocycles. The molecule has 1 saturated heterocycles. The van der Waals surface area contributed by atoms with E-state index in [1.165, 1.54) is 43.3 Å². The molecule has 19 nitrogen and oxygen atoms in total. The van der Waals surface area contributed by atoms with Crippen molar-refractivity contribution in [3.63, 3.8) is 0 Å². The fraction of sp³-hybridized carbons (Fsp3) is 0.621. The van der Waals surface area contributed by atoms with Gasteiger partial charge in [0.05, 0.1) is 50.8 Å². The smallest absolute Gasteiger partial charge is 0.329 e. The van der Waals surface area contributed by atoms with E-state index in [4.69, 9.17) is 23.7 Å². The van der Waals surface area contributed by atoms with Gasteiger partial charge in [-0.3, -0.25) is 38.5 Å². The van der Waals surface area contributed by atoms with Gasteiger partial charge in [-0.2, -0.15) is 0 Å². The van der Waals surface area contributed by atoms with Crippen LogP contribution in [0.4, 0.5) is 0 Å². The van der Waals surface area contributed by atoms with Crippen LogP contribution in [0.15, 0.2) is 60.7 Å². The largest absolute Gasteiger partial charge is 0.497 e. The molecule has 1 fully saturated rings. The highest BCUT2D eigenvalue weighted by atomic mass is 16.5. The van der Waals surface area contributed by atoms with E-state index in [9.17, 15) is 38.4 Å². The first-order valence-electron chi connectivity index (χ1n) is 27.1. The van der Waals surface area contributed by atoms with Crippen LogP contribution in [0.5, 0.6) is 11.5 Å². The third kappa shape index (κ3) is 17.1. The second kappa shape index (κ2) is 30.6. The maximum Gasteiger partial charge on any atom is 0.329 e. The van der Waals surface area contributed by atoms with E-state index in [0.717, 1.165) is 5.56 Å². The van der Waals surface area contributed by atoms with Crippen LogP contribution in [0.2, 0.25) is 0 Å². The summed E-state index contributed by atoms with van der Waals surface area (Å²) in [6, 6.07) is 10.5. The lowest BCUT2D eigenvalue weighted by molar-refractivity contribution is -0.151. The molecule has 77 heavy (non-hydrogen) atoms. The molecule has 2 aromatic rings. The summed E-state index contributed by atoms with van der Waals surface area (Å²) in [7, 11) is 9.31. The first-order valence-corrected chi connectivity index (χ1v) is 27.1. The molecule has 7 amide bonds. The van der Waals surface area contributed by atoms with Gasteiger partial charge in [-0.25, -0.2) is 4.79 Å². The van der Waals surface area contributed by atoms with Gasteiger partial charge in [-0.05, 0) is 61.1 Å². The number of ether oxygens (including phenoxy) is 5. The number of methoxy groups -OCH3 is 4. The van der Waals surface area contributed by atoms with Crippen LogP contribution in [-0.4, -0.2) is 165 Å². The Labute approximate surface area is 456 Å². The van der Waals surface area contributed by atoms with Crippen molar-refractivity contribution in [2.75, 3.05) is 55.6 Å². The Balaban J connectivity index is 1.45. The number of carbonyl (C=O) groups is 8. The molecule has 426 valence electrons. The van der Waals surface area contributed by atoms with Crippen molar-refractivity contribution in [2.45, 2.75) is 155 Å². The Morgan fingerprint density at radius 1 is 0.779 bits per heavy atom. The number of amides is 7. The normalized spacial score (nSPS) is 17.5. The van der Waals surface area contributed by atoms with E-state index in [2.05, 4.69) is 10.6 Å². The minimum Gasteiger partial charge on any atom is -0.497 e. The summed E-state index contributed by atoms with van der Waals surface area (Å²) in [5.74, 6) is -3.67. The SMILES string of the molecule is CCC(C)[C@@H](C(CC(=O)N1CCC[C@H]1C(OC)C(C)C(=O)N[C@@H](Cc1ccccc1)C(=O)OCc1ccc(OC)cc1OC)OC)N(C)C(=O)[C@@H](NC(=O)[C@H](C(C)C)N(C)C(=O)CCCCCN1C(=O)C=CC1=O)C(C)C. The lowest BCUT2D eigenvalue weighted by atomic mass is 9.89. The van der Waals surface area contributed by atoms with Crippen LogP contribution in [-0.2, 0) is 65.6 Å². The molecule has 2 aliphatic rings. The van der Waals surface area contributed by atoms with E-state index in [1.54, 1.807) is 56.1 Å². The molecule has 4 rings (SSSR count). The number of likely N-dealkylation sites (tertiary alicyclic amines) is 1. The number of hydrogen-bond donors (Lipinski definition) is 2. The molecule has 4 unspecified atom stereocenters. The number of likely N-dealkylation sites (N-methyl/N-ethyl adjacent to an activating group) is 2. The van der Waals surface area contributed by atoms with Gasteiger partial charge in [0.15, 0.2) is 0 Å². The Bertz CT molecular complexity index is 2330. The predicted molar refractivity (Wildman–Crippen MR) is 290 cm³/mol. The number of rotatable bonds is 31. The average molecular weight is 1080 g/mol. The van der Waals surface area contributed by atoms with Gasteiger partial charge in [-0.15, -0.1) is 0 Å². The molecule has 2 aromatic carbocycles. The van der Waals surface area contributed by atoms with E-state index in [1.807, 2.05) is 71.9 Å². The summed E-state index contributed by atoms with van der Waals surface area (Å²) in [5, 5.41) is 5.92. The second-order valence-electron chi connectivity index (χ2n) is 21.0. The number of nitrogens with zero attached hydrogens (tertiary/aromatic N) is 4. The van der Waals surface area contributed by atoms with Crippen molar-refractivity contribution in [3.8, 4) is 11.5 Å². The molecule has 19 heteroatoms. The van der Waals surface area contributed by atoms with Crippen molar-refractivity contribution >= 4 is 47.3 Å². The minimum atomic E-state index is -1.05. The molecule has 0 bridgehead atoms. The van der Waals surface area contributed by atoms with Gasteiger partial charge in [0.1, 0.15) is 36.2 Å². The molecule has 0 aromatic heterocycles. The molecule has 0 spiro atoms. The zero-order valence-corrected chi connectivity index (χ0v) is 47.7. The predicted octanol–water partition coefficient (Wildman–Crippen LogP) is 5.50. The Kier molecular flexibility index (Phi) is 25.1. The van der Waals surface area contributed by atoms with Crippen molar-refractivity contribution in [2.24, 2.45) is 23.7 Å². The highest BCUT2D eigenvalue weighted by Gasteiger charge is 2.44. The van der Waals surface area contributed by atoms with E-state index in [-0.39, 0.29) is 79.7 Å².